The molecule has 0 amide bonds. The van der Waals surface area contributed by atoms with Gasteiger partial charge in [-0.15, -0.1) is 0 Å². The van der Waals surface area contributed by atoms with Crippen LogP contribution in [-0.2, 0) is 17.7 Å². The molecule has 1 aliphatic rings. The summed E-state index contributed by atoms with van der Waals surface area (Å²) < 4.78 is 31.5. The second kappa shape index (κ2) is 5.39. The van der Waals surface area contributed by atoms with Crippen molar-refractivity contribution < 1.29 is 23.3 Å². The minimum atomic E-state index is -0.988. The Balaban J connectivity index is 1.83. The maximum atomic E-state index is 13.6. The first-order chi connectivity index (χ1) is 10.0. The van der Waals surface area contributed by atoms with Gasteiger partial charge < -0.3 is 9.68 Å². The van der Waals surface area contributed by atoms with Crippen LogP contribution in [0.4, 0.5) is 8.78 Å². The van der Waals surface area contributed by atoms with E-state index in [1.54, 1.807) is 18.2 Å². The molecule has 0 bridgehead atoms. The zero-order chi connectivity index (χ0) is 15.0. The molecule has 0 aromatic heterocycles. The van der Waals surface area contributed by atoms with Crippen molar-refractivity contribution in [1.82, 2.24) is 0 Å². The lowest BCUT2D eigenvalue weighted by Crippen LogP contribution is -2.28. The lowest BCUT2D eigenvalue weighted by molar-refractivity contribution is 0.0989. The summed E-state index contributed by atoms with van der Waals surface area (Å²) in [7, 11) is -0.988. The summed E-state index contributed by atoms with van der Waals surface area (Å²) >= 11 is 0. The molecule has 6 heteroatoms. The molecule has 2 aromatic rings. The molecule has 0 saturated heterocycles. The van der Waals surface area contributed by atoms with Gasteiger partial charge in [-0.3, -0.25) is 4.79 Å². The molecule has 0 unspecified atom stereocenters. The highest BCUT2D eigenvalue weighted by atomic mass is 19.1. The molecule has 2 aromatic carbocycles. The van der Waals surface area contributed by atoms with Crippen LogP contribution in [0.15, 0.2) is 36.4 Å². The third kappa shape index (κ3) is 2.72. The van der Waals surface area contributed by atoms with Crippen LogP contribution in [0.1, 0.15) is 21.5 Å². The predicted molar refractivity (Wildman–Crippen MR) is 73.2 cm³/mol. The van der Waals surface area contributed by atoms with Gasteiger partial charge in [0.25, 0.3) is 0 Å². The van der Waals surface area contributed by atoms with E-state index in [9.17, 15) is 18.6 Å². The predicted octanol–water partition coefficient (Wildman–Crippen LogP) is 1.61. The smallest absolute Gasteiger partial charge is 0.423 e. The summed E-state index contributed by atoms with van der Waals surface area (Å²) in [5, 5.41) is 9.62. The Kier molecular flexibility index (Phi) is 3.57. The summed E-state index contributed by atoms with van der Waals surface area (Å²) in [6.45, 7) is 0.331. The van der Waals surface area contributed by atoms with Gasteiger partial charge in [-0.25, -0.2) is 8.78 Å². The van der Waals surface area contributed by atoms with Crippen LogP contribution >= 0.6 is 0 Å². The maximum Gasteiger partial charge on any atom is 0.491 e. The standard InChI is InChI=1S/C15H11BF2O3/c17-11-3-4-12(14(18)7-11)15(19)6-9-1-2-10-8-21-16(20)13(10)5-9/h1-5,7,20H,6,8H2. The highest BCUT2D eigenvalue weighted by Crippen LogP contribution is 2.15. The molecule has 0 radical (unpaired) electrons. The fourth-order valence-electron chi connectivity index (χ4n) is 2.37. The van der Waals surface area contributed by atoms with E-state index in [1.165, 1.54) is 0 Å². The molecule has 1 aliphatic heterocycles. The highest BCUT2D eigenvalue weighted by molar-refractivity contribution is 6.61. The van der Waals surface area contributed by atoms with E-state index < -0.39 is 24.5 Å². The molecule has 1 N–H and O–H groups in total. The molecule has 0 atom stereocenters. The van der Waals surface area contributed by atoms with E-state index in [0.717, 1.165) is 17.7 Å². The molecule has 0 saturated carbocycles. The van der Waals surface area contributed by atoms with E-state index in [-0.39, 0.29) is 12.0 Å². The van der Waals surface area contributed by atoms with Crippen molar-refractivity contribution in [2.24, 2.45) is 0 Å². The van der Waals surface area contributed by atoms with Crippen LogP contribution in [0.25, 0.3) is 0 Å². The van der Waals surface area contributed by atoms with Crippen molar-refractivity contribution >= 4 is 18.4 Å². The Morgan fingerprint density at radius 3 is 2.81 bits per heavy atom. The summed E-state index contributed by atoms with van der Waals surface area (Å²) in [5.41, 5.74) is 1.99. The minimum Gasteiger partial charge on any atom is -0.423 e. The van der Waals surface area contributed by atoms with Crippen LogP contribution in [-0.4, -0.2) is 17.9 Å². The number of Topliss-reactive ketones (excluding diaryl/α,β-unsaturated/α-hetero) is 1. The summed E-state index contributed by atoms with van der Waals surface area (Å²) in [6, 6.07) is 8.06. The third-order valence-electron chi connectivity index (χ3n) is 3.47. The number of ketones is 1. The average molecular weight is 288 g/mol. The van der Waals surface area contributed by atoms with Crippen molar-refractivity contribution in [1.29, 1.82) is 0 Å². The second-order valence-corrected chi connectivity index (χ2v) is 4.92. The number of carbonyl (C=O) groups excluding carboxylic acids is 1. The number of hydrogen-bond donors (Lipinski definition) is 1. The van der Waals surface area contributed by atoms with Gasteiger partial charge in [0.1, 0.15) is 11.6 Å². The summed E-state index contributed by atoms with van der Waals surface area (Å²) in [5.74, 6) is -2.03. The Bertz CT molecular complexity index is 718. The Labute approximate surface area is 120 Å². The Morgan fingerprint density at radius 2 is 2.05 bits per heavy atom. The maximum absolute atomic E-state index is 13.6. The molecular weight excluding hydrogens is 277 g/mol. The van der Waals surface area contributed by atoms with E-state index in [1.807, 2.05) is 0 Å². The van der Waals surface area contributed by atoms with Crippen LogP contribution in [0.3, 0.4) is 0 Å². The fourth-order valence-corrected chi connectivity index (χ4v) is 2.37. The van der Waals surface area contributed by atoms with Crippen molar-refractivity contribution in [3.8, 4) is 0 Å². The molecule has 0 aliphatic carbocycles. The lowest BCUT2D eigenvalue weighted by atomic mass is 9.78. The van der Waals surface area contributed by atoms with E-state index in [4.69, 9.17) is 4.65 Å². The van der Waals surface area contributed by atoms with Crippen molar-refractivity contribution in [3.05, 3.63) is 64.7 Å². The van der Waals surface area contributed by atoms with Gasteiger partial charge in [0.05, 0.1) is 12.2 Å². The van der Waals surface area contributed by atoms with Gasteiger partial charge >= 0.3 is 7.12 Å². The van der Waals surface area contributed by atoms with Crippen molar-refractivity contribution in [2.45, 2.75) is 13.0 Å². The number of rotatable bonds is 3. The Hall–Kier alpha value is -2.05. The summed E-state index contributed by atoms with van der Waals surface area (Å²) in [6.07, 6.45) is -0.0252. The van der Waals surface area contributed by atoms with E-state index in [2.05, 4.69) is 0 Å². The van der Waals surface area contributed by atoms with E-state index >= 15 is 0 Å². The topological polar surface area (TPSA) is 46.5 Å². The third-order valence-corrected chi connectivity index (χ3v) is 3.47. The minimum absolute atomic E-state index is 0.0252. The lowest BCUT2D eigenvalue weighted by Gasteiger charge is -2.05. The first-order valence-corrected chi connectivity index (χ1v) is 6.44. The normalized spacial score (nSPS) is 13.4. The molecule has 3 rings (SSSR count). The number of fused-ring (bicyclic) bond motifs is 1. The molecule has 1 heterocycles. The van der Waals surface area contributed by atoms with Crippen LogP contribution in [0.2, 0.25) is 0 Å². The number of hydrogen-bond acceptors (Lipinski definition) is 3. The number of halogens is 2. The zero-order valence-corrected chi connectivity index (χ0v) is 11.0. The largest absolute Gasteiger partial charge is 0.491 e. The van der Waals surface area contributed by atoms with Crippen LogP contribution in [0, 0.1) is 11.6 Å². The van der Waals surface area contributed by atoms with E-state index in [0.29, 0.717) is 23.7 Å². The quantitative estimate of drug-likeness (QED) is 0.689. The Morgan fingerprint density at radius 1 is 1.24 bits per heavy atom. The molecular formula is C15H11BF2O3. The molecule has 0 fully saturated rings. The first-order valence-electron chi connectivity index (χ1n) is 6.44. The average Bonchev–Trinajstić information content (AvgIpc) is 2.80. The van der Waals surface area contributed by atoms with Gasteiger partial charge in [-0.05, 0) is 28.7 Å². The molecule has 0 spiro atoms. The SMILES string of the molecule is O=C(Cc1ccc2c(c1)B(O)OC2)c1ccc(F)cc1F. The second-order valence-electron chi connectivity index (χ2n) is 4.92. The molecule has 3 nitrogen and oxygen atoms in total. The van der Waals surface area contributed by atoms with Crippen molar-refractivity contribution in [3.63, 3.8) is 0 Å². The van der Waals surface area contributed by atoms with Gasteiger partial charge in [0, 0.05) is 12.5 Å². The van der Waals surface area contributed by atoms with Gasteiger partial charge in [-0.2, -0.15) is 0 Å². The number of benzene rings is 2. The molecule has 106 valence electrons. The van der Waals surface area contributed by atoms with Crippen LogP contribution in [0.5, 0.6) is 0 Å². The fraction of sp³-hybridized carbons (Fsp3) is 0.133. The van der Waals surface area contributed by atoms with Crippen LogP contribution < -0.4 is 5.46 Å². The van der Waals surface area contributed by atoms with Gasteiger partial charge in [0.15, 0.2) is 5.78 Å². The first kappa shape index (κ1) is 13.9. The monoisotopic (exact) mass is 288 g/mol. The van der Waals surface area contributed by atoms with Gasteiger partial charge in [-0.1, -0.05) is 18.2 Å². The summed E-state index contributed by atoms with van der Waals surface area (Å²) in [4.78, 5) is 12.1. The highest BCUT2D eigenvalue weighted by Gasteiger charge is 2.27. The molecule has 21 heavy (non-hydrogen) atoms. The zero-order valence-electron chi connectivity index (χ0n) is 11.0. The number of carbonyl (C=O) groups is 1. The van der Waals surface area contributed by atoms with Crippen molar-refractivity contribution in [2.75, 3.05) is 0 Å². The van der Waals surface area contributed by atoms with Gasteiger partial charge in [0.2, 0.25) is 0 Å².